The average molecular weight is 275 g/mol. The van der Waals surface area contributed by atoms with Crippen LogP contribution in [-0.2, 0) is 6.18 Å². The second-order valence-corrected chi connectivity index (χ2v) is 3.64. The molecule has 0 aliphatic heterocycles. The van der Waals surface area contributed by atoms with Gasteiger partial charge in [0.05, 0.1) is 16.8 Å². The maximum atomic E-state index is 12.6. The van der Waals surface area contributed by atoms with E-state index in [9.17, 15) is 13.2 Å². The van der Waals surface area contributed by atoms with Crippen molar-refractivity contribution in [3.8, 4) is 11.6 Å². The first kappa shape index (κ1) is 12.6. The van der Waals surface area contributed by atoms with Crippen LogP contribution in [-0.4, -0.2) is 9.97 Å². The van der Waals surface area contributed by atoms with Crippen molar-refractivity contribution in [3.63, 3.8) is 0 Å². The highest BCUT2D eigenvalue weighted by molar-refractivity contribution is 6.32. The van der Waals surface area contributed by atoms with Crippen molar-refractivity contribution in [3.05, 3.63) is 47.4 Å². The Morgan fingerprint density at radius 3 is 2.56 bits per heavy atom. The van der Waals surface area contributed by atoms with Gasteiger partial charge >= 0.3 is 6.18 Å². The SMILES string of the molecule is FC(F)(F)c1cccc(Oc2cnccn2)c1Cl. The molecule has 0 N–H and O–H groups in total. The molecule has 0 aliphatic rings. The number of benzene rings is 1. The molecule has 1 heterocycles. The molecule has 0 radical (unpaired) electrons. The van der Waals surface area contributed by atoms with Gasteiger partial charge in [-0.25, -0.2) is 4.98 Å². The Hall–Kier alpha value is -1.82. The summed E-state index contributed by atoms with van der Waals surface area (Å²) in [6.07, 6.45) is -0.479. The van der Waals surface area contributed by atoms with Crippen LogP contribution < -0.4 is 4.74 Å². The van der Waals surface area contributed by atoms with E-state index in [1.807, 2.05) is 0 Å². The van der Waals surface area contributed by atoms with Crippen molar-refractivity contribution >= 4 is 11.6 Å². The number of rotatable bonds is 2. The molecule has 1 aromatic heterocycles. The molecule has 0 saturated heterocycles. The molecular weight excluding hydrogens is 269 g/mol. The lowest BCUT2D eigenvalue weighted by Gasteiger charge is -2.12. The Kier molecular flexibility index (Phi) is 3.38. The van der Waals surface area contributed by atoms with Crippen molar-refractivity contribution in [2.45, 2.75) is 6.18 Å². The van der Waals surface area contributed by atoms with E-state index in [1.54, 1.807) is 0 Å². The Morgan fingerprint density at radius 1 is 1.17 bits per heavy atom. The van der Waals surface area contributed by atoms with Crippen LogP contribution in [0.25, 0.3) is 0 Å². The number of aromatic nitrogens is 2. The highest BCUT2D eigenvalue weighted by Gasteiger charge is 2.34. The molecule has 0 fully saturated rings. The smallest absolute Gasteiger partial charge is 0.417 e. The van der Waals surface area contributed by atoms with Crippen LogP contribution in [0.15, 0.2) is 36.8 Å². The summed E-state index contributed by atoms with van der Waals surface area (Å²) in [6, 6.07) is 3.42. The second kappa shape index (κ2) is 4.81. The predicted octanol–water partition coefficient (Wildman–Crippen LogP) is 3.94. The summed E-state index contributed by atoms with van der Waals surface area (Å²) in [6.45, 7) is 0. The fourth-order valence-electron chi connectivity index (χ4n) is 1.26. The van der Waals surface area contributed by atoms with Crippen molar-refractivity contribution in [2.75, 3.05) is 0 Å². The highest BCUT2D eigenvalue weighted by Crippen LogP contribution is 2.40. The van der Waals surface area contributed by atoms with Gasteiger partial charge in [0.25, 0.3) is 0 Å². The van der Waals surface area contributed by atoms with Crippen molar-refractivity contribution < 1.29 is 17.9 Å². The molecular formula is C11H6ClF3N2O. The molecule has 1 aromatic carbocycles. The van der Waals surface area contributed by atoms with Gasteiger partial charge in [-0.1, -0.05) is 17.7 Å². The van der Waals surface area contributed by atoms with E-state index in [1.165, 1.54) is 30.7 Å². The lowest BCUT2D eigenvalue weighted by molar-refractivity contribution is -0.137. The summed E-state index contributed by atoms with van der Waals surface area (Å²) < 4.78 is 42.9. The minimum absolute atomic E-state index is 0.0683. The van der Waals surface area contributed by atoms with Gasteiger partial charge in [0.2, 0.25) is 5.88 Å². The molecule has 2 aromatic rings. The second-order valence-electron chi connectivity index (χ2n) is 3.26. The molecule has 0 aliphatic carbocycles. The first-order valence-electron chi connectivity index (χ1n) is 4.78. The van der Waals surface area contributed by atoms with Gasteiger partial charge in [0.1, 0.15) is 5.75 Å². The normalized spacial score (nSPS) is 11.3. The summed E-state index contributed by atoms with van der Waals surface area (Å²) in [7, 11) is 0. The Balaban J connectivity index is 2.36. The first-order chi connectivity index (χ1) is 8.48. The third kappa shape index (κ3) is 2.70. The van der Waals surface area contributed by atoms with E-state index in [4.69, 9.17) is 16.3 Å². The van der Waals surface area contributed by atoms with Crippen LogP contribution in [0, 0.1) is 0 Å². The van der Waals surface area contributed by atoms with E-state index in [0.717, 1.165) is 6.07 Å². The van der Waals surface area contributed by atoms with Crippen LogP contribution in [0.1, 0.15) is 5.56 Å². The lowest BCUT2D eigenvalue weighted by atomic mass is 10.2. The molecule has 2 rings (SSSR count). The molecule has 94 valence electrons. The van der Waals surface area contributed by atoms with Gasteiger partial charge in [-0.15, -0.1) is 0 Å². The van der Waals surface area contributed by atoms with Gasteiger partial charge in [-0.05, 0) is 12.1 Å². The maximum Gasteiger partial charge on any atom is 0.417 e. The fraction of sp³-hybridized carbons (Fsp3) is 0.0909. The number of halogens is 4. The van der Waals surface area contributed by atoms with E-state index < -0.39 is 16.8 Å². The molecule has 3 nitrogen and oxygen atoms in total. The molecule has 18 heavy (non-hydrogen) atoms. The largest absolute Gasteiger partial charge is 0.436 e. The van der Waals surface area contributed by atoms with E-state index in [2.05, 4.69) is 9.97 Å². The Morgan fingerprint density at radius 2 is 1.94 bits per heavy atom. The number of hydrogen-bond acceptors (Lipinski definition) is 3. The van der Waals surface area contributed by atoms with Crippen LogP contribution >= 0.6 is 11.6 Å². The van der Waals surface area contributed by atoms with Crippen molar-refractivity contribution in [2.24, 2.45) is 0 Å². The van der Waals surface area contributed by atoms with Crippen molar-refractivity contribution in [1.82, 2.24) is 9.97 Å². The van der Waals surface area contributed by atoms with Gasteiger partial charge in [0.15, 0.2) is 0 Å². The molecule has 0 amide bonds. The summed E-state index contributed by atoms with van der Waals surface area (Å²) in [5.74, 6) is -0.0503. The van der Waals surface area contributed by atoms with Gasteiger partial charge < -0.3 is 4.74 Å². The molecule has 0 saturated carbocycles. The molecule has 0 unspecified atom stereocenters. The quantitative estimate of drug-likeness (QED) is 0.832. The zero-order chi connectivity index (χ0) is 13.2. The van der Waals surface area contributed by atoms with Crippen LogP contribution in [0.3, 0.4) is 0 Å². The number of alkyl halides is 3. The Labute approximate surface area is 105 Å². The van der Waals surface area contributed by atoms with Crippen LogP contribution in [0.5, 0.6) is 11.6 Å². The highest BCUT2D eigenvalue weighted by atomic mass is 35.5. The minimum Gasteiger partial charge on any atom is -0.436 e. The predicted molar refractivity (Wildman–Crippen MR) is 58.6 cm³/mol. The molecule has 7 heteroatoms. The summed E-state index contributed by atoms with van der Waals surface area (Å²) >= 11 is 5.65. The average Bonchev–Trinajstić information content (AvgIpc) is 2.32. The number of ether oxygens (including phenoxy) is 1. The standard InChI is InChI=1S/C11H6ClF3N2O/c12-10-7(11(13,14)15)2-1-3-8(10)18-9-6-16-4-5-17-9/h1-6H. The summed E-state index contributed by atoms with van der Waals surface area (Å²) in [5.41, 5.74) is -0.953. The van der Waals surface area contributed by atoms with Crippen LogP contribution in [0.4, 0.5) is 13.2 Å². The molecule has 0 atom stereocenters. The van der Waals surface area contributed by atoms with Crippen LogP contribution in [0.2, 0.25) is 5.02 Å². The third-order valence-electron chi connectivity index (χ3n) is 2.02. The van der Waals surface area contributed by atoms with E-state index in [0.29, 0.717) is 0 Å². The maximum absolute atomic E-state index is 12.6. The zero-order valence-corrected chi connectivity index (χ0v) is 9.53. The first-order valence-corrected chi connectivity index (χ1v) is 5.16. The summed E-state index contributed by atoms with van der Waals surface area (Å²) in [5, 5.41) is -0.504. The van der Waals surface area contributed by atoms with E-state index in [-0.39, 0.29) is 11.6 Å². The zero-order valence-electron chi connectivity index (χ0n) is 8.78. The fourth-order valence-corrected chi connectivity index (χ4v) is 1.53. The molecule has 0 bridgehead atoms. The number of hydrogen-bond donors (Lipinski definition) is 0. The monoisotopic (exact) mass is 274 g/mol. The minimum atomic E-state index is -4.53. The van der Waals surface area contributed by atoms with Gasteiger partial charge in [-0.3, -0.25) is 4.98 Å². The number of nitrogens with zero attached hydrogens (tertiary/aromatic N) is 2. The topological polar surface area (TPSA) is 35.0 Å². The van der Waals surface area contributed by atoms with Gasteiger partial charge in [-0.2, -0.15) is 13.2 Å². The van der Waals surface area contributed by atoms with Gasteiger partial charge in [0, 0.05) is 12.4 Å². The lowest BCUT2D eigenvalue weighted by Crippen LogP contribution is -2.06. The Bertz CT molecular complexity index is 546. The van der Waals surface area contributed by atoms with Crippen molar-refractivity contribution in [1.29, 1.82) is 0 Å². The summed E-state index contributed by atoms with van der Waals surface area (Å²) in [4.78, 5) is 7.51. The third-order valence-corrected chi connectivity index (χ3v) is 2.41. The molecule has 0 spiro atoms. The van der Waals surface area contributed by atoms with E-state index >= 15 is 0 Å².